The zero-order valence-corrected chi connectivity index (χ0v) is 9.87. The molecule has 0 saturated heterocycles. The van der Waals surface area contributed by atoms with Crippen LogP contribution in [-0.4, -0.2) is 42.4 Å². The molecule has 6 heteroatoms. The van der Waals surface area contributed by atoms with Gasteiger partial charge in [-0.15, -0.1) is 0 Å². The van der Waals surface area contributed by atoms with Gasteiger partial charge < -0.3 is 10.0 Å². The maximum absolute atomic E-state index is 11.8. The molecule has 2 rings (SSSR count). The molecule has 16 heavy (non-hydrogen) atoms. The highest BCUT2D eigenvalue weighted by molar-refractivity contribution is 7.86. The van der Waals surface area contributed by atoms with Gasteiger partial charge in [0.2, 0.25) is 5.11 Å². The van der Waals surface area contributed by atoms with Crippen LogP contribution in [0, 0.1) is 0 Å². The van der Waals surface area contributed by atoms with Crippen LogP contribution in [0.5, 0.6) is 0 Å². The first-order chi connectivity index (χ1) is 7.54. The third-order valence-electron chi connectivity index (χ3n) is 2.56. The number of aliphatic imine (C=N–C) groups is 1. The molecule has 0 fully saturated rings. The molecule has 0 bridgehead atoms. The van der Waals surface area contributed by atoms with E-state index >= 15 is 0 Å². The predicted molar refractivity (Wildman–Crippen MR) is 64.0 cm³/mol. The summed E-state index contributed by atoms with van der Waals surface area (Å²) in [5.41, 5.74) is 1.86. The van der Waals surface area contributed by atoms with E-state index in [1.54, 1.807) is 4.90 Å². The Hall–Kier alpha value is -1.56. The summed E-state index contributed by atoms with van der Waals surface area (Å²) in [6, 6.07) is 0. The van der Waals surface area contributed by atoms with Gasteiger partial charge in [-0.05, 0) is 18.9 Å². The second-order valence-corrected chi connectivity index (χ2v) is 5.03. The second kappa shape index (κ2) is 3.79. The van der Waals surface area contributed by atoms with Gasteiger partial charge in [-0.2, -0.15) is 0 Å². The number of carboxylic acids is 1. The van der Waals surface area contributed by atoms with Gasteiger partial charge in [0.15, 0.2) is 0 Å². The number of nitrogens with zero attached hydrogens (tertiary/aromatic N) is 2. The van der Waals surface area contributed by atoms with Gasteiger partial charge >= 0.3 is 5.97 Å². The van der Waals surface area contributed by atoms with Crippen LogP contribution in [0.1, 0.15) is 20.3 Å². The Labute approximate surface area is 94.7 Å². The predicted octanol–water partition coefficient (Wildman–Crippen LogP) is 0.164. The molecule has 0 aromatic carbocycles. The number of hydrogen-bond acceptors (Lipinski definition) is 4. The summed E-state index contributed by atoms with van der Waals surface area (Å²) in [5, 5.41) is 9.23. The van der Waals surface area contributed by atoms with Crippen molar-refractivity contribution in [1.29, 1.82) is 0 Å². The van der Waals surface area contributed by atoms with Gasteiger partial charge in [0.25, 0.3) is 0 Å². The fourth-order valence-electron chi connectivity index (χ4n) is 1.72. The molecule has 0 aliphatic carbocycles. The van der Waals surface area contributed by atoms with Crippen LogP contribution >= 0.6 is 0 Å². The Bertz CT molecular complexity index is 569. The number of allylic oxidation sites excluding steroid dienone is 1. The molecule has 0 amide bonds. The minimum Gasteiger partial charge on any atom is -0.477 e. The van der Waals surface area contributed by atoms with E-state index < -0.39 is 15.9 Å². The van der Waals surface area contributed by atoms with Crippen molar-refractivity contribution in [2.75, 3.05) is 6.54 Å². The Morgan fingerprint density at radius 2 is 2.38 bits per heavy atom. The van der Waals surface area contributed by atoms with Gasteiger partial charge in [-0.25, -0.2) is 14.0 Å². The summed E-state index contributed by atoms with van der Waals surface area (Å²) in [6.07, 6.45) is 2.56. The summed E-state index contributed by atoms with van der Waals surface area (Å²) < 4.78 is 11.8. The van der Waals surface area contributed by atoms with Crippen LogP contribution in [0.4, 0.5) is 0 Å². The average Bonchev–Trinajstić information content (AvgIpc) is 2.54. The van der Waals surface area contributed by atoms with Crippen molar-refractivity contribution >= 4 is 31.6 Å². The summed E-state index contributed by atoms with van der Waals surface area (Å²) >= 11 is 0. The number of rotatable bonds is 2. The van der Waals surface area contributed by atoms with E-state index in [1.807, 2.05) is 20.0 Å². The van der Waals surface area contributed by atoms with Gasteiger partial charge in [-0.1, -0.05) is 6.92 Å². The van der Waals surface area contributed by atoms with E-state index in [0.29, 0.717) is 5.11 Å². The molecule has 2 heterocycles. The standard InChI is InChI=1S/C10H12N2O3S/c1-3-7-6(2)4-12-5-8(9(13)14)16(15)10(12)11-7/h4H,3,5H2,1-2H3,(H,13,14). The van der Waals surface area contributed by atoms with Crippen LogP contribution in [0.3, 0.4) is 0 Å². The molecule has 0 atom stereocenters. The third kappa shape index (κ3) is 1.55. The first-order valence-electron chi connectivity index (χ1n) is 4.95. The molecule has 2 aliphatic rings. The molecular weight excluding hydrogens is 228 g/mol. The summed E-state index contributed by atoms with van der Waals surface area (Å²) in [5.74, 6) is -1.11. The maximum Gasteiger partial charge on any atom is 0.346 e. The lowest BCUT2D eigenvalue weighted by molar-refractivity contribution is -0.129. The lowest BCUT2D eigenvalue weighted by Gasteiger charge is -2.20. The van der Waals surface area contributed by atoms with Gasteiger partial charge in [0.05, 0.1) is 16.5 Å². The number of carbonyl (C=O) groups is 1. The van der Waals surface area contributed by atoms with E-state index in [0.717, 1.165) is 17.7 Å². The van der Waals surface area contributed by atoms with Crippen molar-refractivity contribution in [1.82, 2.24) is 4.90 Å². The van der Waals surface area contributed by atoms with E-state index in [4.69, 9.17) is 5.11 Å². The first-order valence-corrected chi connectivity index (χ1v) is 6.10. The van der Waals surface area contributed by atoms with Crippen molar-refractivity contribution in [3.8, 4) is 0 Å². The normalized spacial score (nSPS) is 19.6. The van der Waals surface area contributed by atoms with Crippen molar-refractivity contribution < 1.29 is 14.1 Å². The highest BCUT2D eigenvalue weighted by atomic mass is 32.1. The number of fused-ring (bicyclic) bond motifs is 1. The Morgan fingerprint density at radius 1 is 1.69 bits per heavy atom. The molecule has 0 saturated carbocycles. The molecular formula is C10H12N2O3S. The topological polar surface area (TPSA) is 70.0 Å². The Kier molecular flexibility index (Phi) is 2.59. The fourth-order valence-corrected chi connectivity index (χ4v) is 2.88. The van der Waals surface area contributed by atoms with Crippen LogP contribution in [0.25, 0.3) is 0 Å². The Balaban J connectivity index is 2.57. The van der Waals surface area contributed by atoms with Crippen molar-refractivity contribution in [2.45, 2.75) is 20.3 Å². The average molecular weight is 240 g/mol. The third-order valence-corrected chi connectivity index (χ3v) is 3.97. The largest absolute Gasteiger partial charge is 0.477 e. The second-order valence-electron chi connectivity index (χ2n) is 3.63. The van der Waals surface area contributed by atoms with Crippen LogP contribution in [0.2, 0.25) is 0 Å². The van der Waals surface area contributed by atoms with Crippen LogP contribution in [0.15, 0.2) is 16.8 Å². The lowest BCUT2D eigenvalue weighted by Crippen LogP contribution is -2.30. The monoisotopic (exact) mass is 240 g/mol. The minimum atomic E-state index is -1.62. The van der Waals surface area contributed by atoms with E-state index in [-0.39, 0.29) is 11.4 Å². The van der Waals surface area contributed by atoms with Gasteiger partial charge in [0.1, 0.15) is 4.86 Å². The molecule has 86 valence electrons. The molecule has 0 unspecified atom stereocenters. The molecule has 0 radical (unpaired) electrons. The zero-order chi connectivity index (χ0) is 11.9. The molecule has 0 aromatic rings. The van der Waals surface area contributed by atoms with Crippen molar-refractivity contribution in [2.24, 2.45) is 4.99 Å². The highest BCUT2D eigenvalue weighted by Gasteiger charge is 2.27. The van der Waals surface area contributed by atoms with Crippen LogP contribution < -0.4 is 0 Å². The molecule has 2 aliphatic heterocycles. The van der Waals surface area contributed by atoms with Gasteiger partial charge in [-0.3, -0.25) is 0 Å². The highest BCUT2D eigenvalue weighted by Crippen LogP contribution is 2.14. The summed E-state index contributed by atoms with van der Waals surface area (Å²) in [4.78, 5) is 16.8. The SMILES string of the molecule is CCC1=NC2=S(=O)=C(C(=O)O)CN2C=C1C. The van der Waals surface area contributed by atoms with E-state index in [9.17, 15) is 9.00 Å². The Morgan fingerprint density at radius 3 is 2.94 bits per heavy atom. The maximum atomic E-state index is 11.8. The summed E-state index contributed by atoms with van der Waals surface area (Å²) in [6.45, 7) is 4.04. The number of carboxylic acid groups (broad SMARTS) is 1. The van der Waals surface area contributed by atoms with Crippen molar-refractivity contribution in [3.05, 3.63) is 11.8 Å². The number of aliphatic carboxylic acids is 1. The summed E-state index contributed by atoms with van der Waals surface area (Å²) in [7, 11) is -1.62. The first kappa shape index (κ1) is 10.9. The quantitative estimate of drug-likeness (QED) is 0.698. The smallest absolute Gasteiger partial charge is 0.346 e. The van der Waals surface area contributed by atoms with Gasteiger partial charge in [0, 0.05) is 11.9 Å². The molecule has 5 nitrogen and oxygen atoms in total. The minimum absolute atomic E-state index is 0.000142. The zero-order valence-electron chi connectivity index (χ0n) is 9.06. The van der Waals surface area contributed by atoms with Crippen molar-refractivity contribution in [3.63, 3.8) is 0 Å². The van der Waals surface area contributed by atoms with Crippen LogP contribution in [-0.2, 0) is 14.8 Å². The fraction of sp³-hybridized carbons (Fsp3) is 0.400. The van der Waals surface area contributed by atoms with E-state index in [1.165, 1.54) is 0 Å². The lowest BCUT2D eigenvalue weighted by atomic mass is 10.1. The molecule has 1 N–H and O–H groups in total. The molecule has 0 aromatic heterocycles. The molecule has 0 spiro atoms. The van der Waals surface area contributed by atoms with E-state index in [2.05, 4.69) is 4.99 Å². The number of hydrogen-bond donors (Lipinski definition) is 1.